The standard InChI is InChI=1S/C14H19ClN2O2/c1-8-6-11(12(19-3)7-10(8)15)17-13(18)14(2,16)9-4-5-9/h6-7,9H,4-5,16H2,1-3H3,(H,17,18). The summed E-state index contributed by atoms with van der Waals surface area (Å²) in [5.41, 5.74) is 6.74. The van der Waals surface area contributed by atoms with Crippen LogP contribution in [0.5, 0.6) is 5.75 Å². The molecule has 0 saturated heterocycles. The van der Waals surface area contributed by atoms with Gasteiger partial charge in [-0.1, -0.05) is 11.6 Å². The lowest BCUT2D eigenvalue weighted by Gasteiger charge is -2.24. The Balaban J connectivity index is 2.23. The third kappa shape index (κ3) is 2.85. The number of nitrogens with one attached hydrogen (secondary N) is 1. The lowest BCUT2D eigenvalue weighted by atomic mass is 9.96. The molecule has 4 nitrogen and oxygen atoms in total. The minimum Gasteiger partial charge on any atom is -0.495 e. The molecule has 1 aromatic rings. The number of carbonyl (C=O) groups excluding carboxylic acids is 1. The van der Waals surface area contributed by atoms with Crippen LogP contribution in [0, 0.1) is 12.8 Å². The van der Waals surface area contributed by atoms with Gasteiger partial charge in [0.15, 0.2) is 0 Å². The number of halogens is 1. The van der Waals surface area contributed by atoms with Crippen LogP contribution in [-0.4, -0.2) is 18.6 Å². The number of rotatable bonds is 4. The molecule has 2 rings (SSSR count). The highest BCUT2D eigenvalue weighted by molar-refractivity contribution is 6.31. The summed E-state index contributed by atoms with van der Waals surface area (Å²) in [4.78, 5) is 12.3. The Kier molecular flexibility index (Phi) is 3.74. The van der Waals surface area contributed by atoms with Crippen LogP contribution in [0.3, 0.4) is 0 Å². The van der Waals surface area contributed by atoms with Gasteiger partial charge in [-0.05, 0) is 44.2 Å². The van der Waals surface area contributed by atoms with Crippen molar-refractivity contribution < 1.29 is 9.53 Å². The van der Waals surface area contributed by atoms with Crippen molar-refractivity contribution in [1.82, 2.24) is 0 Å². The molecule has 5 heteroatoms. The summed E-state index contributed by atoms with van der Waals surface area (Å²) in [7, 11) is 1.54. The first-order chi connectivity index (χ1) is 8.86. The molecule has 1 saturated carbocycles. The number of benzene rings is 1. The molecule has 1 atom stereocenters. The Labute approximate surface area is 118 Å². The van der Waals surface area contributed by atoms with Gasteiger partial charge in [-0.2, -0.15) is 0 Å². The SMILES string of the molecule is COc1cc(Cl)c(C)cc1NC(=O)C(C)(N)C1CC1. The molecule has 0 spiro atoms. The van der Waals surface area contributed by atoms with Gasteiger partial charge in [0, 0.05) is 11.1 Å². The fraction of sp³-hybridized carbons (Fsp3) is 0.500. The van der Waals surface area contributed by atoms with Crippen molar-refractivity contribution in [3.05, 3.63) is 22.7 Å². The summed E-state index contributed by atoms with van der Waals surface area (Å²) in [6.45, 7) is 3.65. The average Bonchev–Trinajstić information content (AvgIpc) is 3.17. The van der Waals surface area contributed by atoms with Crippen LogP contribution >= 0.6 is 11.6 Å². The Hall–Kier alpha value is -1.26. The molecule has 1 fully saturated rings. The smallest absolute Gasteiger partial charge is 0.244 e. The van der Waals surface area contributed by atoms with Crippen LogP contribution < -0.4 is 15.8 Å². The molecule has 0 bridgehead atoms. The molecule has 1 aliphatic rings. The molecule has 0 radical (unpaired) electrons. The maximum absolute atomic E-state index is 12.3. The largest absolute Gasteiger partial charge is 0.495 e. The molecule has 104 valence electrons. The Bertz CT molecular complexity index is 510. The number of amides is 1. The van der Waals surface area contributed by atoms with Gasteiger partial charge in [0.1, 0.15) is 5.75 Å². The third-order valence-corrected chi connectivity index (χ3v) is 4.05. The minimum atomic E-state index is -0.835. The van der Waals surface area contributed by atoms with Gasteiger partial charge < -0.3 is 15.8 Å². The maximum atomic E-state index is 12.3. The van der Waals surface area contributed by atoms with Gasteiger partial charge in [0.05, 0.1) is 18.3 Å². The van der Waals surface area contributed by atoms with Gasteiger partial charge in [-0.25, -0.2) is 0 Å². The molecule has 0 aromatic heterocycles. The van der Waals surface area contributed by atoms with Crippen molar-refractivity contribution in [3.63, 3.8) is 0 Å². The zero-order chi connectivity index (χ0) is 14.2. The Morgan fingerprint density at radius 1 is 1.53 bits per heavy atom. The van der Waals surface area contributed by atoms with E-state index in [2.05, 4.69) is 5.32 Å². The van der Waals surface area contributed by atoms with E-state index in [1.54, 1.807) is 26.2 Å². The predicted octanol–water partition coefficient (Wildman–Crippen LogP) is 2.72. The summed E-state index contributed by atoms with van der Waals surface area (Å²) in [5, 5.41) is 3.45. The molecule has 0 heterocycles. The highest BCUT2D eigenvalue weighted by Gasteiger charge is 2.44. The minimum absolute atomic E-state index is 0.185. The van der Waals surface area contributed by atoms with Crippen LogP contribution in [0.2, 0.25) is 5.02 Å². The molecule has 1 amide bonds. The number of methoxy groups -OCH3 is 1. The molecule has 1 unspecified atom stereocenters. The topological polar surface area (TPSA) is 64.3 Å². The summed E-state index contributed by atoms with van der Waals surface area (Å²) in [6, 6.07) is 3.49. The van der Waals surface area contributed by atoms with Crippen LogP contribution in [0.1, 0.15) is 25.3 Å². The highest BCUT2D eigenvalue weighted by Crippen LogP contribution is 2.39. The van der Waals surface area contributed by atoms with Crippen molar-refractivity contribution in [2.24, 2.45) is 11.7 Å². The van der Waals surface area contributed by atoms with Gasteiger partial charge in [-0.15, -0.1) is 0 Å². The predicted molar refractivity (Wildman–Crippen MR) is 76.7 cm³/mol. The number of carbonyl (C=O) groups is 1. The Morgan fingerprint density at radius 2 is 2.16 bits per heavy atom. The maximum Gasteiger partial charge on any atom is 0.244 e. The van der Waals surface area contributed by atoms with Crippen molar-refractivity contribution in [2.45, 2.75) is 32.2 Å². The molecular formula is C14H19ClN2O2. The van der Waals surface area contributed by atoms with Crippen molar-refractivity contribution in [1.29, 1.82) is 0 Å². The summed E-state index contributed by atoms with van der Waals surface area (Å²) in [5.74, 6) is 0.623. The van der Waals surface area contributed by atoms with E-state index in [1.807, 2.05) is 6.92 Å². The highest BCUT2D eigenvalue weighted by atomic mass is 35.5. The lowest BCUT2D eigenvalue weighted by molar-refractivity contribution is -0.121. The van der Waals surface area contributed by atoms with E-state index in [9.17, 15) is 4.79 Å². The summed E-state index contributed by atoms with van der Waals surface area (Å²) >= 11 is 6.03. The van der Waals surface area contributed by atoms with Crippen LogP contribution in [0.4, 0.5) is 5.69 Å². The molecule has 0 aliphatic heterocycles. The third-order valence-electron chi connectivity index (χ3n) is 3.64. The number of anilines is 1. The number of aryl methyl sites for hydroxylation is 1. The number of hydrogen-bond donors (Lipinski definition) is 2. The van der Waals surface area contributed by atoms with E-state index in [0.29, 0.717) is 16.5 Å². The average molecular weight is 283 g/mol. The zero-order valence-corrected chi connectivity index (χ0v) is 12.2. The first-order valence-electron chi connectivity index (χ1n) is 6.30. The second kappa shape index (κ2) is 5.02. The zero-order valence-electron chi connectivity index (χ0n) is 11.4. The van der Waals surface area contributed by atoms with E-state index in [0.717, 1.165) is 18.4 Å². The second-order valence-electron chi connectivity index (χ2n) is 5.31. The number of ether oxygens (including phenoxy) is 1. The van der Waals surface area contributed by atoms with E-state index in [-0.39, 0.29) is 11.8 Å². The van der Waals surface area contributed by atoms with Crippen molar-refractivity contribution >= 4 is 23.2 Å². The van der Waals surface area contributed by atoms with E-state index in [1.165, 1.54) is 0 Å². The van der Waals surface area contributed by atoms with Crippen LogP contribution in [-0.2, 0) is 4.79 Å². The van der Waals surface area contributed by atoms with Gasteiger partial charge in [-0.3, -0.25) is 4.79 Å². The quantitative estimate of drug-likeness (QED) is 0.892. The fourth-order valence-corrected chi connectivity index (χ4v) is 2.21. The van der Waals surface area contributed by atoms with Gasteiger partial charge >= 0.3 is 0 Å². The molecule has 1 aliphatic carbocycles. The van der Waals surface area contributed by atoms with E-state index < -0.39 is 5.54 Å². The normalized spacial score (nSPS) is 17.7. The first kappa shape index (κ1) is 14.2. The lowest BCUT2D eigenvalue weighted by Crippen LogP contribution is -2.50. The molecule has 1 aromatic carbocycles. The number of hydrogen-bond acceptors (Lipinski definition) is 3. The van der Waals surface area contributed by atoms with E-state index in [4.69, 9.17) is 22.1 Å². The molecule has 3 N–H and O–H groups in total. The van der Waals surface area contributed by atoms with Gasteiger partial charge in [0.2, 0.25) is 5.91 Å². The second-order valence-corrected chi connectivity index (χ2v) is 5.72. The fourth-order valence-electron chi connectivity index (χ4n) is 2.06. The number of nitrogens with two attached hydrogens (primary N) is 1. The summed E-state index contributed by atoms with van der Waals surface area (Å²) in [6.07, 6.45) is 2.02. The van der Waals surface area contributed by atoms with Crippen LogP contribution in [0.25, 0.3) is 0 Å². The van der Waals surface area contributed by atoms with Crippen molar-refractivity contribution in [3.8, 4) is 5.75 Å². The molecule has 19 heavy (non-hydrogen) atoms. The monoisotopic (exact) mass is 282 g/mol. The van der Waals surface area contributed by atoms with Crippen LogP contribution in [0.15, 0.2) is 12.1 Å². The summed E-state index contributed by atoms with van der Waals surface area (Å²) < 4.78 is 5.23. The van der Waals surface area contributed by atoms with Crippen molar-refractivity contribution in [2.75, 3.05) is 12.4 Å². The Morgan fingerprint density at radius 3 is 2.68 bits per heavy atom. The molecular weight excluding hydrogens is 264 g/mol. The van der Waals surface area contributed by atoms with E-state index >= 15 is 0 Å². The first-order valence-corrected chi connectivity index (χ1v) is 6.68. The van der Waals surface area contributed by atoms with Gasteiger partial charge in [0.25, 0.3) is 0 Å².